The fourth-order valence-electron chi connectivity index (χ4n) is 0. The van der Waals surface area contributed by atoms with Crippen molar-refractivity contribution < 1.29 is 983 Å². The maximum atomic E-state index is 0. The van der Waals surface area contributed by atoms with E-state index in [1.807, 2.05) is 0 Å². The summed E-state index contributed by atoms with van der Waals surface area (Å²) in [5.74, 6) is 0. The zero-order valence-electron chi connectivity index (χ0n) is 23.7. The minimum absolute atomic E-state index is 0. The van der Waals surface area contributed by atoms with Gasteiger partial charge in [0.2, 0.25) is 0 Å². The first kappa shape index (κ1) is 603. The molecule has 0 atom stereocenters. The predicted molar refractivity (Wildman–Crippen MR) is 0 cm³/mol. The summed E-state index contributed by atoms with van der Waals surface area (Å²) in [4.78, 5) is 0. The molecule has 0 saturated carbocycles. The third kappa shape index (κ3) is 567. The van der Waals surface area contributed by atoms with Crippen LogP contribution in [0.1, 0.15) is 0 Å². The van der Waals surface area contributed by atoms with E-state index in [1.54, 1.807) is 0 Å². The maximum Gasteiger partial charge on any atom is 0 e. The van der Waals surface area contributed by atoms with Crippen LogP contribution in [0.25, 0.3) is 0 Å². The van der Waals surface area contributed by atoms with Gasteiger partial charge in [-0.3, -0.25) is 0 Å². The summed E-state index contributed by atoms with van der Waals surface area (Å²) in [6.45, 7) is 0. The summed E-state index contributed by atoms with van der Waals surface area (Å²) in [6.07, 6.45) is 0. The molecule has 0 nitrogen and oxygen atoms in total. The van der Waals surface area contributed by atoms with E-state index in [1.165, 1.54) is 0 Å². The van der Waals surface area contributed by atoms with Crippen molar-refractivity contribution in [1.29, 1.82) is 0 Å². The molecule has 0 aliphatic rings. The second kappa shape index (κ2) is 581. The van der Waals surface area contributed by atoms with Gasteiger partial charge in [-0.25, -0.2) is 0 Å². The summed E-state index contributed by atoms with van der Waals surface area (Å²) in [7, 11) is 0. The van der Waals surface area contributed by atoms with E-state index in [2.05, 4.69) is 0 Å². The van der Waals surface area contributed by atoms with Crippen molar-refractivity contribution in [2.75, 3.05) is 0 Å². The molecule has 0 N–H and O–H groups in total. The van der Waals surface area contributed by atoms with E-state index in [0.29, 0.717) is 0 Å². The molecule has 0 heterocycles. The predicted octanol–water partition coefficient (Wildman–Crippen LogP) is -0.133. The zero-order chi connectivity index (χ0) is 0. The second-order valence-corrected chi connectivity index (χ2v) is 0. The standard InChI is InChI=1S/53V. The van der Waals surface area contributed by atoms with Gasteiger partial charge in [0.25, 0.3) is 0 Å². The van der Waals surface area contributed by atoms with Gasteiger partial charge in [-0.05, 0) is 0 Å². The number of hydrogen-bond acceptors (Lipinski definition) is 0. The van der Waals surface area contributed by atoms with Gasteiger partial charge in [0, 0.05) is 983 Å². The summed E-state index contributed by atoms with van der Waals surface area (Å²) < 4.78 is 0. The third-order valence-corrected chi connectivity index (χ3v) is 0. The molecule has 0 unspecified atom stereocenters. The molecule has 0 rings (SSSR count). The van der Waals surface area contributed by atoms with Crippen LogP contribution in [0.5, 0.6) is 0 Å². The van der Waals surface area contributed by atoms with Gasteiger partial charge in [0.05, 0.1) is 0 Å². The first-order valence-corrected chi connectivity index (χ1v) is 0. The second-order valence-electron chi connectivity index (χ2n) is 0. The smallest absolute Gasteiger partial charge is 0 e. The van der Waals surface area contributed by atoms with E-state index in [-0.39, 0.29) is 983 Å². The number of hydrogen-bond donors (Lipinski definition) is 0. The molecule has 53 heavy (non-hydrogen) atoms. The Hall–Kier alpha value is 31.0. The molecule has 0 spiro atoms. The normalized spacial score (nSPS) is 0. The van der Waals surface area contributed by atoms with Crippen LogP contribution >= 0.6 is 0 Å². The summed E-state index contributed by atoms with van der Waals surface area (Å²) >= 11 is 0. The van der Waals surface area contributed by atoms with Crippen molar-refractivity contribution in [1.82, 2.24) is 0 Å². The minimum Gasteiger partial charge on any atom is 0 e. The van der Waals surface area contributed by atoms with Crippen molar-refractivity contribution >= 4 is 0 Å². The Labute approximate surface area is 956 Å². The van der Waals surface area contributed by atoms with E-state index in [9.17, 15) is 0 Å². The molecule has 0 aromatic carbocycles. The van der Waals surface area contributed by atoms with Gasteiger partial charge in [-0.15, -0.1) is 0 Å². The van der Waals surface area contributed by atoms with E-state index in [0.717, 1.165) is 0 Å². The Bertz CT molecular complexity index is 0. The van der Waals surface area contributed by atoms with Crippen LogP contribution in [0.4, 0.5) is 0 Å². The van der Waals surface area contributed by atoms with Crippen LogP contribution in [0.15, 0.2) is 0 Å². The molecule has 0 fully saturated rings. The molecule has 0 aromatic rings. The molecule has 0 amide bonds. The topological polar surface area (TPSA) is 0 Å². The quantitative estimate of drug-likeness (QED) is 0.318. The monoisotopic (exact) mass is 2700 g/mol. The van der Waals surface area contributed by atoms with Crippen molar-refractivity contribution in [3.63, 3.8) is 0 Å². The largest absolute Gasteiger partial charge is 0 e. The molecule has 265 valence electrons. The van der Waals surface area contributed by atoms with Crippen LogP contribution < -0.4 is 0 Å². The fourth-order valence-corrected chi connectivity index (χ4v) is 0. The maximum absolute atomic E-state index is 0. The molecular weight excluding hydrogens is 2700 g/mol. The van der Waals surface area contributed by atoms with E-state index >= 15 is 0 Å². The third-order valence-electron chi connectivity index (χ3n) is 0. The van der Waals surface area contributed by atoms with Crippen LogP contribution in [-0.4, -0.2) is 0 Å². The molecule has 53 radical (unpaired) electrons. The van der Waals surface area contributed by atoms with Crippen LogP contribution in [0.2, 0.25) is 0 Å². The van der Waals surface area contributed by atoms with Gasteiger partial charge in [-0.1, -0.05) is 0 Å². The van der Waals surface area contributed by atoms with Gasteiger partial charge < -0.3 is 0 Å². The average Bonchev–Trinajstić information content (AvgIpc) is 0. The Morgan fingerprint density at radius 3 is 0.0189 bits per heavy atom. The average molecular weight is 2700 g/mol. The number of rotatable bonds is 0. The Kier molecular flexibility index (Phi) is 6610. The van der Waals surface area contributed by atoms with Crippen molar-refractivity contribution in [2.45, 2.75) is 0 Å². The Balaban J connectivity index is 0. The molecule has 0 aliphatic heterocycles. The van der Waals surface area contributed by atoms with Crippen LogP contribution in [0, 0.1) is 0 Å². The van der Waals surface area contributed by atoms with Gasteiger partial charge in [0.15, 0.2) is 0 Å². The first-order valence-electron chi connectivity index (χ1n) is 0. The molecule has 0 bridgehead atoms. The van der Waals surface area contributed by atoms with Gasteiger partial charge in [-0.2, -0.15) is 0 Å². The molecule has 0 aromatic heterocycles. The first-order chi connectivity index (χ1) is 0. The molecule has 0 aliphatic carbocycles. The summed E-state index contributed by atoms with van der Waals surface area (Å²) in [5.41, 5.74) is 0. The zero-order valence-corrected chi connectivity index (χ0v) is 97.7. The summed E-state index contributed by atoms with van der Waals surface area (Å²) in [5, 5.41) is 0. The fraction of sp³-hybridized carbons (Fsp3) is 0. The SMILES string of the molecule is [V].[V].[V].[V].[V].[V].[V].[V].[V].[V].[V].[V].[V].[V].[V].[V].[V].[V].[V].[V].[V].[V].[V].[V].[V].[V].[V].[V].[V].[V].[V].[V].[V].[V].[V].[V].[V].[V].[V].[V].[V].[V].[V].[V].[V].[V].[V].[V].[V].[V].[V].[V].[V]. The van der Waals surface area contributed by atoms with Gasteiger partial charge in [0.1, 0.15) is 0 Å². The molecule has 53 heteroatoms. The van der Waals surface area contributed by atoms with Crippen molar-refractivity contribution in [2.24, 2.45) is 0 Å². The van der Waals surface area contributed by atoms with Crippen LogP contribution in [-0.2, 0) is 983 Å². The van der Waals surface area contributed by atoms with Crippen molar-refractivity contribution in [3.05, 3.63) is 0 Å². The molecular formula is V53. The Morgan fingerprint density at radius 1 is 0.0189 bits per heavy atom. The van der Waals surface area contributed by atoms with Crippen LogP contribution in [0.3, 0.4) is 0 Å². The van der Waals surface area contributed by atoms with Crippen molar-refractivity contribution in [3.8, 4) is 0 Å². The van der Waals surface area contributed by atoms with E-state index in [4.69, 9.17) is 0 Å². The Morgan fingerprint density at radius 2 is 0.0189 bits per heavy atom. The summed E-state index contributed by atoms with van der Waals surface area (Å²) in [6, 6.07) is 0. The van der Waals surface area contributed by atoms with Gasteiger partial charge >= 0.3 is 0 Å². The van der Waals surface area contributed by atoms with E-state index < -0.39 is 0 Å². The molecule has 0 saturated heterocycles. The minimum atomic E-state index is 0.